The van der Waals surface area contributed by atoms with Gasteiger partial charge in [-0.15, -0.1) is 0 Å². The van der Waals surface area contributed by atoms with E-state index in [1.165, 1.54) is 30.3 Å². The summed E-state index contributed by atoms with van der Waals surface area (Å²) in [6, 6.07) is 8.33. The molecule has 0 spiro atoms. The zero-order valence-electron chi connectivity index (χ0n) is 9.46. The Morgan fingerprint density at radius 3 is 2.78 bits per heavy atom. The van der Waals surface area contributed by atoms with Crippen LogP contribution in [0.5, 0.6) is 11.6 Å². The summed E-state index contributed by atoms with van der Waals surface area (Å²) < 4.78 is 18.2. The molecular formula is C12H9FN2O3. The second kappa shape index (κ2) is 4.79. The van der Waals surface area contributed by atoms with Gasteiger partial charge < -0.3 is 4.74 Å². The highest BCUT2D eigenvalue weighted by atomic mass is 19.1. The van der Waals surface area contributed by atoms with Crippen LogP contribution >= 0.6 is 0 Å². The highest BCUT2D eigenvalue weighted by molar-refractivity contribution is 5.45. The number of halogens is 1. The number of nitro groups is 1. The van der Waals surface area contributed by atoms with Crippen molar-refractivity contribution < 1.29 is 14.1 Å². The second-order valence-electron chi connectivity index (χ2n) is 3.61. The monoisotopic (exact) mass is 248 g/mol. The molecule has 1 aromatic carbocycles. The summed E-state index contributed by atoms with van der Waals surface area (Å²) in [6.07, 6.45) is 0. The summed E-state index contributed by atoms with van der Waals surface area (Å²) in [6.45, 7) is 1.73. The van der Waals surface area contributed by atoms with Gasteiger partial charge in [0.1, 0.15) is 5.75 Å². The van der Waals surface area contributed by atoms with E-state index in [1.54, 1.807) is 13.0 Å². The number of rotatable bonds is 3. The molecule has 0 N–H and O–H groups in total. The smallest absolute Gasteiger partial charge is 0.273 e. The maximum atomic E-state index is 12.9. The molecule has 6 heteroatoms. The van der Waals surface area contributed by atoms with E-state index in [2.05, 4.69) is 4.98 Å². The van der Waals surface area contributed by atoms with Crippen LogP contribution in [0.25, 0.3) is 0 Å². The molecule has 0 aliphatic heterocycles. The van der Waals surface area contributed by atoms with Crippen molar-refractivity contribution in [3.05, 3.63) is 58.0 Å². The molecule has 0 saturated carbocycles. The van der Waals surface area contributed by atoms with Crippen LogP contribution in [0.1, 0.15) is 5.56 Å². The van der Waals surface area contributed by atoms with E-state index in [0.29, 0.717) is 5.56 Å². The Morgan fingerprint density at radius 2 is 2.11 bits per heavy atom. The molecule has 0 unspecified atom stereocenters. The number of ether oxygens (including phenoxy) is 1. The van der Waals surface area contributed by atoms with Crippen LogP contribution in [0.2, 0.25) is 0 Å². The lowest BCUT2D eigenvalue weighted by Gasteiger charge is -2.07. The molecule has 0 atom stereocenters. The van der Waals surface area contributed by atoms with Crippen molar-refractivity contribution in [1.82, 2.24) is 4.98 Å². The number of pyridine rings is 1. The zero-order chi connectivity index (χ0) is 13.1. The molecule has 2 rings (SSSR count). The first kappa shape index (κ1) is 12.0. The molecule has 0 radical (unpaired) electrons. The second-order valence-corrected chi connectivity index (χ2v) is 3.61. The Hall–Kier alpha value is -2.50. The number of hydrogen-bond donors (Lipinski definition) is 0. The van der Waals surface area contributed by atoms with Crippen molar-refractivity contribution in [3.63, 3.8) is 0 Å². The summed E-state index contributed by atoms with van der Waals surface area (Å²) in [5.74, 6) is -0.337. The van der Waals surface area contributed by atoms with Gasteiger partial charge in [-0.1, -0.05) is 6.07 Å². The molecule has 0 aliphatic rings. The van der Waals surface area contributed by atoms with Crippen molar-refractivity contribution in [3.8, 4) is 11.6 Å². The highest BCUT2D eigenvalue weighted by Gasteiger charge is 2.11. The Bertz CT molecular complexity index is 602. The van der Waals surface area contributed by atoms with Gasteiger partial charge in [-0.25, -0.2) is 0 Å². The molecule has 0 amide bonds. The predicted octanol–water partition coefficient (Wildman–Crippen LogP) is 3.23. The van der Waals surface area contributed by atoms with Crippen LogP contribution in [0, 0.1) is 23.0 Å². The first-order valence-electron chi connectivity index (χ1n) is 5.12. The lowest BCUT2D eigenvalue weighted by Crippen LogP contribution is -1.94. The minimum Gasteiger partial charge on any atom is -0.438 e. The number of aryl methyl sites for hydroxylation is 1. The van der Waals surface area contributed by atoms with Crippen LogP contribution in [0.4, 0.5) is 10.1 Å². The molecule has 1 heterocycles. The van der Waals surface area contributed by atoms with Gasteiger partial charge in [0.05, 0.1) is 11.0 Å². The van der Waals surface area contributed by atoms with Crippen LogP contribution < -0.4 is 4.74 Å². The lowest BCUT2D eigenvalue weighted by molar-refractivity contribution is -0.384. The van der Waals surface area contributed by atoms with Gasteiger partial charge in [0, 0.05) is 12.1 Å². The van der Waals surface area contributed by atoms with Crippen molar-refractivity contribution in [2.45, 2.75) is 6.92 Å². The number of nitrogens with zero attached hydrogens (tertiary/aromatic N) is 2. The number of hydrogen-bond acceptors (Lipinski definition) is 4. The fourth-order valence-electron chi connectivity index (χ4n) is 1.37. The van der Waals surface area contributed by atoms with E-state index >= 15 is 0 Å². The summed E-state index contributed by atoms with van der Waals surface area (Å²) >= 11 is 0. The Morgan fingerprint density at radius 1 is 1.33 bits per heavy atom. The van der Waals surface area contributed by atoms with Crippen LogP contribution in [-0.2, 0) is 0 Å². The summed E-state index contributed by atoms with van der Waals surface area (Å²) in [5.41, 5.74) is 0.610. The van der Waals surface area contributed by atoms with Crippen molar-refractivity contribution in [2.24, 2.45) is 0 Å². The van der Waals surface area contributed by atoms with Gasteiger partial charge in [0.25, 0.3) is 5.69 Å². The zero-order valence-corrected chi connectivity index (χ0v) is 9.46. The molecule has 0 fully saturated rings. The van der Waals surface area contributed by atoms with E-state index in [-0.39, 0.29) is 17.3 Å². The van der Waals surface area contributed by atoms with Crippen LogP contribution in [0.3, 0.4) is 0 Å². The fourth-order valence-corrected chi connectivity index (χ4v) is 1.37. The number of nitro benzene ring substituents is 1. The maximum Gasteiger partial charge on any atom is 0.273 e. The molecule has 92 valence electrons. The maximum absolute atomic E-state index is 12.9. The quantitative estimate of drug-likeness (QED) is 0.475. The molecular weight excluding hydrogens is 239 g/mol. The Labute approximate surface area is 102 Å². The van der Waals surface area contributed by atoms with Crippen molar-refractivity contribution in [2.75, 3.05) is 0 Å². The third-order valence-corrected chi connectivity index (χ3v) is 2.29. The van der Waals surface area contributed by atoms with E-state index in [0.717, 1.165) is 0 Å². The Kier molecular flexibility index (Phi) is 3.18. The van der Waals surface area contributed by atoms with E-state index < -0.39 is 10.9 Å². The van der Waals surface area contributed by atoms with Gasteiger partial charge in [0.15, 0.2) is 0 Å². The topological polar surface area (TPSA) is 65.3 Å². The molecule has 5 nitrogen and oxygen atoms in total. The minimum atomic E-state index is -0.671. The van der Waals surface area contributed by atoms with E-state index in [1.807, 2.05) is 0 Å². The van der Waals surface area contributed by atoms with Crippen LogP contribution in [-0.4, -0.2) is 9.91 Å². The molecule has 1 aromatic heterocycles. The average molecular weight is 248 g/mol. The van der Waals surface area contributed by atoms with Gasteiger partial charge in [-0.3, -0.25) is 10.1 Å². The van der Waals surface area contributed by atoms with E-state index in [4.69, 9.17) is 4.74 Å². The number of non-ortho nitro benzene ring substituents is 1. The molecule has 0 aliphatic carbocycles. The third-order valence-electron chi connectivity index (χ3n) is 2.29. The SMILES string of the molecule is Cc1ccc([N+](=O)[O-])cc1Oc1cccc(F)n1. The molecule has 0 saturated heterocycles. The normalized spacial score (nSPS) is 10.1. The lowest BCUT2D eigenvalue weighted by atomic mass is 10.2. The largest absolute Gasteiger partial charge is 0.438 e. The summed E-state index contributed by atoms with van der Waals surface area (Å²) in [7, 11) is 0. The van der Waals surface area contributed by atoms with Crippen molar-refractivity contribution in [1.29, 1.82) is 0 Å². The van der Waals surface area contributed by atoms with Gasteiger partial charge >= 0.3 is 0 Å². The highest BCUT2D eigenvalue weighted by Crippen LogP contribution is 2.27. The van der Waals surface area contributed by atoms with Gasteiger partial charge in [-0.05, 0) is 24.6 Å². The number of aromatic nitrogens is 1. The van der Waals surface area contributed by atoms with Crippen LogP contribution in [0.15, 0.2) is 36.4 Å². The first-order chi connectivity index (χ1) is 8.56. The molecule has 0 bridgehead atoms. The van der Waals surface area contributed by atoms with Gasteiger partial charge in [0.2, 0.25) is 11.8 Å². The minimum absolute atomic E-state index is 0.0543. The fraction of sp³-hybridized carbons (Fsp3) is 0.0833. The predicted molar refractivity (Wildman–Crippen MR) is 62.1 cm³/mol. The average Bonchev–Trinajstić information content (AvgIpc) is 2.31. The Balaban J connectivity index is 2.33. The van der Waals surface area contributed by atoms with Gasteiger partial charge in [-0.2, -0.15) is 9.37 Å². The third kappa shape index (κ3) is 2.60. The molecule has 2 aromatic rings. The standard InChI is InChI=1S/C12H9FN2O3/c1-8-5-6-9(15(16)17)7-10(8)18-12-4-2-3-11(13)14-12/h2-7H,1H3. The first-order valence-corrected chi connectivity index (χ1v) is 5.12. The van der Waals surface area contributed by atoms with E-state index in [9.17, 15) is 14.5 Å². The van der Waals surface area contributed by atoms with Crippen molar-refractivity contribution >= 4 is 5.69 Å². The molecule has 18 heavy (non-hydrogen) atoms. The summed E-state index contributed by atoms with van der Waals surface area (Å²) in [5, 5.41) is 10.6. The summed E-state index contributed by atoms with van der Waals surface area (Å²) in [4.78, 5) is 13.6. The number of benzene rings is 1.